The van der Waals surface area contributed by atoms with Gasteiger partial charge in [0, 0.05) is 36.0 Å². The molecule has 1 unspecified atom stereocenters. The van der Waals surface area contributed by atoms with Gasteiger partial charge in [-0.2, -0.15) is 0 Å². The smallest absolute Gasteiger partial charge is 0.319 e. The van der Waals surface area contributed by atoms with Gasteiger partial charge in [0.1, 0.15) is 5.82 Å². The number of urea groups is 1. The number of nitrogens with zero attached hydrogens (tertiary/aromatic N) is 1. The topological polar surface area (TPSA) is 83.9 Å². The SMILES string of the molecule is CNc1ccc2c(c1)N(C(C)C)[NH+]([O-])C(c1ccc(F)c(NC(=O)NC3CCCCC3)c1)=C2. The number of nitrogens with one attached hydrogen (secondary N) is 4. The van der Waals surface area contributed by atoms with Crippen LogP contribution in [0, 0.1) is 11.0 Å². The number of hydrogen-bond acceptors (Lipinski definition) is 4. The molecule has 1 aliphatic heterocycles. The molecule has 1 saturated carbocycles. The third-order valence-electron chi connectivity index (χ3n) is 6.31. The normalized spacial score (nSPS) is 18.5. The third-order valence-corrected chi connectivity index (χ3v) is 6.31. The Kier molecular flexibility index (Phi) is 6.85. The maximum atomic E-state index is 14.5. The highest BCUT2D eigenvalue weighted by atomic mass is 19.1. The van der Waals surface area contributed by atoms with Gasteiger partial charge in [0.25, 0.3) is 0 Å². The van der Waals surface area contributed by atoms with Gasteiger partial charge in [0.15, 0.2) is 5.70 Å². The lowest BCUT2D eigenvalue weighted by Crippen LogP contribution is -3.13. The lowest BCUT2D eigenvalue weighted by molar-refractivity contribution is -0.782. The number of hydrogen-bond donors (Lipinski definition) is 4. The Morgan fingerprint density at radius 2 is 1.91 bits per heavy atom. The van der Waals surface area contributed by atoms with E-state index in [1.807, 2.05) is 45.2 Å². The number of rotatable bonds is 5. The predicted octanol–water partition coefficient (Wildman–Crippen LogP) is 4.35. The number of carbonyl (C=O) groups is 1. The molecule has 0 bridgehead atoms. The minimum atomic E-state index is -0.541. The highest BCUT2D eigenvalue weighted by Crippen LogP contribution is 2.31. The summed E-state index contributed by atoms with van der Waals surface area (Å²) in [6.45, 7) is 3.92. The predicted molar refractivity (Wildman–Crippen MR) is 131 cm³/mol. The van der Waals surface area contributed by atoms with Gasteiger partial charge in [-0.1, -0.05) is 25.3 Å². The van der Waals surface area contributed by atoms with Crippen LogP contribution in [0.2, 0.25) is 0 Å². The quantitative estimate of drug-likeness (QED) is 0.508. The molecular weight excluding hydrogens is 421 g/mol. The molecule has 7 nitrogen and oxygen atoms in total. The summed E-state index contributed by atoms with van der Waals surface area (Å²) in [5.41, 5.74) is 3.74. The summed E-state index contributed by atoms with van der Waals surface area (Å²) >= 11 is 0. The number of amides is 2. The van der Waals surface area contributed by atoms with Crippen molar-refractivity contribution in [2.24, 2.45) is 0 Å². The van der Waals surface area contributed by atoms with Crippen LogP contribution in [0.3, 0.4) is 0 Å². The van der Waals surface area contributed by atoms with E-state index in [4.69, 9.17) is 0 Å². The van der Waals surface area contributed by atoms with Crippen molar-refractivity contribution in [2.45, 2.75) is 58.0 Å². The maximum Gasteiger partial charge on any atom is 0.319 e. The van der Waals surface area contributed by atoms with E-state index in [0.29, 0.717) is 11.3 Å². The Morgan fingerprint density at radius 1 is 1.15 bits per heavy atom. The highest BCUT2D eigenvalue weighted by Gasteiger charge is 2.29. The van der Waals surface area contributed by atoms with Crippen LogP contribution in [-0.2, 0) is 0 Å². The van der Waals surface area contributed by atoms with Crippen LogP contribution >= 0.6 is 0 Å². The van der Waals surface area contributed by atoms with Gasteiger partial charge in [-0.25, -0.2) is 19.4 Å². The molecule has 33 heavy (non-hydrogen) atoms. The number of quaternary nitrogens is 1. The molecule has 1 fully saturated rings. The van der Waals surface area contributed by atoms with Crippen LogP contribution in [0.1, 0.15) is 57.1 Å². The number of anilines is 3. The fourth-order valence-electron chi connectivity index (χ4n) is 4.59. The molecule has 2 aliphatic rings. The van der Waals surface area contributed by atoms with Crippen molar-refractivity contribution in [1.29, 1.82) is 0 Å². The minimum Gasteiger partial charge on any atom is -0.603 e. The second kappa shape index (κ2) is 9.80. The van der Waals surface area contributed by atoms with Crippen molar-refractivity contribution in [2.75, 3.05) is 22.7 Å². The number of carbonyl (C=O) groups excluding carboxylic acids is 1. The first-order valence-electron chi connectivity index (χ1n) is 11.6. The molecular formula is C25H32FN5O2. The molecule has 0 radical (unpaired) electrons. The Bertz CT molecular complexity index is 1050. The van der Waals surface area contributed by atoms with Crippen LogP contribution < -0.4 is 26.1 Å². The fraction of sp³-hybridized carbons (Fsp3) is 0.400. The summed E-state index contributed by atoms with van der Waals surface area (Å²) in [6, 6.07) is 9.90. The van der Waals surface area contributed by atoms with Crippen molar-refractivity contribution in [3.8, 4) is 0 Å². The van der Waals surface area contributed by atoms with E-state index in [1.165, 1.54) is 18.6 Å². The number of hydroxylamine groups is 1. The van der Waals surface area contributed by atoms with Crippen LogP contribution in [0.15, 0.2) is 36.4 Å². The zero-order valence-corrected chi connectivity index (χ0v) is 19.4. The van der Waals surface area contributed by atoms with Gasteiger partial charge in [-0.15, -0.1) is 0 Å². The van der Waals surface area contributed by atoms with Gasteiger partial charge in [0.2, 0.25) is 0 Å². The molecule has 1 aliphatic carbocycles. The molecule has 8 heteroatoms. The monoisotopic (exact) mass is 453 g/mol. The summed E-state index contributed by atoms with van der Waals surface area (Å²) in [7, 11) is 1.84. The summed E-state index contributed by atoms with van der Waals surface area (Å²) in [6.07, 6.45) is 7.08. The molecule has 2 amide bonds. The van der Waals surface area contributed by atoms with E-state index in [9.17, 15) is 14.4 Å². The van der Waals surface area contributed by atoms with Gasteiger partial charge in [0.05, 0.1) is 17.4 Å². The molecule has 176 valence electrons. The van der Waals surface area contributed by atoms with E-state index in [1.54, 1.807) is 11.1 Å². The summed E-state index contributed by atoms with van der Waals surface area (Å²) in [5, 5.41) is 23.7. The van der Waals surface area contributed by atoms with Gasteiger partial charge in [-0.3, -0.25) is 0 Å². The minimum absolute atomic E-state index is 0.0573. The van der Waals surface area contributed by atoms with E-state index in [-0.39, 0.29) is 22.9 Å². The lowest BCUT2D eigenvalue weighted by Gasteiger charge is -2.42. The first kappa shape index (κ1) is 23.1. The average Bonchev–Trinajstić information content (AvgIpc) is 2.80. The lowest BCUT2D eigenvalue weighted by atomic mass is 9.96. The summed E-state index contributed by atoms with van der Waals surface area (Å²) < 4.78 is 14.5. The fourth-order valence-corrected chi connectivity index (χ4v) is 4.59. The summed E-state index contributed by atoms with van der Waals surface area (Å²) in [5.74, 6) is -0.541. The summed E-state index contributed by atoms with van der Waals surface area (Å²) in [4.78, 5) is 12.5. The van der Waals surface area contributed by atoms with Crippen LogP contribution in [0.4, 0.5) is 26.2 Å². The van der Waals surface area contributed by atoms with E-state index in [0.717, 1.165) is 42.6 Å². The first-order chi connectivity index (χ1) is 15.9. The number of benzene rings is 2. The molecule has 0 saturated heterocycles. The van der Waals surface area contributed by atoms with Gasteiger partial charge in [-0.05, 0) is 57.0 Å². The Morgan fingerprint density at radius 3 is 2.61 bits per heavy atom. The van der Waals surface area contributed by atoms with E-state index in [2.05, 4.69) is 16.0 Å². The van der Waals surface area contributed by atoms with Crippen LogP contribution in [0.25, 0.3) is 11.8 Å². The maximum absolute atomic E-state index is 14.5. The second-order valence-corrected chi connectivity index (χ2v) is 8.98. The van der Waals surface area contributed by atoms with Crippen LogP contribution in [0.5, 0.6) is 0 Å². The molecule has 2 aromatic rings. The van der Waals surface area contributed by atoms with Crippen molar-refractivity contribution >= 4 is 34.9 Å². The van der Waals surface area contributed by atoms with Gasteiger partial charge >= 0.3 is 6.03 Å². The molecule has 0 aromatic heterocycles. The Labute approximate surface area is 194 Å². The molecule has 2 aromatic carbocycles. The molecule has 1 atom stereocenters. The van der Waals surface area contributed by atoms with E-state index < -0.39 is 11.8 Å². The van der Waals surface area contributed by atoms with E-state index >= 15 is 0 Å². The number of fused-ring (bicyclic) bond motifs is 1. The standard InChI is InChI=1S/C25H32FN5O2/c1-16(2)30-23-15-20(27-3)11-9-18(23)14-24(31(30)33)17-10-12-21(26)22(13-17)29-25(32)28-19-7-5-4-6-8-19/h9-16,19,27,31H,4-8H2,1-3H3,(H2,28,29,32). The zero-order chi connectivity index (χ0) is 23.5. The van der Waals surface area contributed by atoms with Crippen molar-refractivity contribution < 1.29 is 14.4 Å². The largest absolute Gasteiger partial charge is 0.603 e. The van der Waals surface area contributed by atoms with Crippen molar-refractivity contribution in [3.63, 3.8) is 0 Å². The van der Waals surface area contributed by atoms with Crippen molar-refractivity contribution in [3.05, 3.63) is 58.5 Å². The molecule has 4 rings (SSSR count). The second-order valence-electron chi connectivity index (χ2n) is 8.98. The Hall–Kier alpha value is -3.10. The molecule has 4 N–H and O–H groups in total. The third kappa shape index (κ3) is 4.96. The van der Waals surface area contributed by atoms with Crippen molar-refractivity contribution in [1.82, 2.24) is 5.32 Å². The number of halogens is 1. The van der Waals surface area contributed by atoms with Crippen LogP contribution in [-0.4, -0.2) is 25.2 Å². The molecule has 1 heterocycles. The molecule has 0 spiro atoms. The van der Waals surface area contributed by atoms with Gasteiger partial charge < -0.3 is 21.2 Å². The average molecular weight is 454 g/mol. The highest BCUT2D eigenvalue weighted by molar-refractivity contribution is 5.91. The Balaban J connectivity index is 1.62. The zero-order valence-electron chi connectivity index (χ0n) is 19.4. The first-order valence-corrected chi connectivity index (χ1v) is 11.6.